The van der Waals surface area contributed by atoms with Gasteiger partial charge in [0.15, 0.2) is 0 Å². The summed E-state index contributed by atoms with van der Waals surface area (Å²) in [7, 11) is 0. The highest BCUT2D eigenvalue weighted by Gasteiger charge is 2.28. The molecule has 3 N–H and O–H groups in total. The predicted molar refractivity (Wildman–Crippen MR) is 58.2 cm³/mol. The maximum Gasteiger partial charge on any atom is 0.405 e. The van der Waals surface area contributed by atoms with Gasteiger partial charge >= 0.3 is 12.4 Å². The molecule has 0 saturated heterocycles. The van der Waals surface area contributed by atoms with Crippen LogP contribution in [0, 0.1) is 0 Å². The van der Waals surface area contributed by atoms with Crippen molar-refractivity contribution in [3.8, 4) is 0 Å². The summed E-state index contributed by atoms with van der Waals surface area (Å²) in [5, 5.41) is 5.13. The summed E-state index contributed by atoms with van der Waals surface area (Å²) in [6, 6.07) is 0. The molecular weight excluding hydrogens is 320 g/mol. The second-order valence-corrected chi connectivity index (χ2v) is 3.39. The molecule has 0 aliphatic heterocycles. The summed E-state index contributed by atoms with van der Waals surface area (Å²) in [5.74, 6) is -2.05. The molecule has 0 aromatic heterocycles. The number of nitrogens with one attached hydrogen (secondary N) is 3. The Bertz CT molecular complexity index is 290. The van der Waals surface area contributed by atoms with Crippen LogP contribution in [-0.4, -0.2) is 50.3 Å². The highest BCUT2D eigenvalue weighted by molar-refractivity contribution is 5.85. The van der Waals surface area contributed by atoms with Gasteiger partial charge < -0.3 is 10.6 Å². The van der Waals surface area contributed by atoms with E-state index in [0.717, 1.165) is 0 Å². The largest absolute Gasteiger partial charge is 0.405 e. The Labute approximate surface area is 115 Å². The molecule has 0 aromatic rings. The van der Waals surface area contributed by atoms with E-state index in [1.807, 2.05) is 0 Å². The molecule has 0 heterocycles. The zero-order valence-corrected chi connectivity index (χ0v) is 10.6. The van der Waals surface area contributed by atoms with Crippen LogP contribution in [0.2, 0.25) is 0 Å². The first-order valence-electron chi connectivity index (χ1n) is 4.87. The summed E-state index contributed by atoms with van der Waals surface area (Å²) >= 11 is 0. The number of carbonyl (C=O) groups excluding carboxylic acids is 2. The normalized spacial score (nSPS) is 11.5. The van der Waals surface area contributed by atoms with Crippen LogP contribution in [-0.2, 0) is 9.59 Å². The summed E-state index contributed by atoms with van der Waals surface area (Å²) in [6.07, 6.45) is -9.11. The molecule has 0 aliphatic carbocycles. The summed E-state index contributed by atoms with van der Waals surface area (Å²) in [4.78, 5) is 21.6. The first kappa shape index (κ1) is 21.1. The molecule has 0 bridgehead atoms. The van der Waals surface area contributed by atoms with Crippen molar-refractivity contribution in [2.24, 2.45) is 0 Å². The third-order valence-electron chi connectivity index (χ3n) is 1.54. The van der Waals surface area contributed by atoms with Gasteiger partial charge in [-0.2, -0.15) is 26.3 Å². The number of halogens is 7. The summed E-state index contributed by atoms with van der Waals surface area (Å²) in [5.41, 5.74) is 0. The van der Waals surface area contributed by atoms with E-state index in [1.165, 1.54) is 10.6 Å². The molecule has 2 amide bonds. The summed E-state index contributed by atoms with van der Waals surface area (Å²) < 4.78 is 70.0. The van der Waals surface area contributed by atoms with Gasteiger partial charge in [0.05, 0.1) is 13.1 Å². The van der Waals surface area contributed by atoms with Gasteiger partial charge in [-0.05, 0) is 0 Å². The van der Waals surface area contributed by atoms with Crippen LogP contribution in [0.4, 0.5) is 26.3 Å². The van der Waals surface area contributed by atoms with Crippen molar-refractivity contribution in [3.05, 3.63) is 0 Å². The minimum atomic E-state index is -4.56. The average molecular weight is 332 g/mol. The molecule has 120 valence electrons. The fraction of sp³-hybridized carbons (Fsp3) is 0.750. The van der Waals surface area contributed by atoms with E-state index >= 15 is 0 Å². The Morgan fingerprint density at radius 2 is 1.05 bits per heavy atom. The van der Waals surface area contributed by atoms with Crippen molar-refractivity contribution >= 4 is 24.2 Å². The van der Waals surface area contributed by atoms with E-state index in [9.17, 15) is 35.9 Å². The predicted octanol–water partition coefficient (Wildman–Crippen LogP) is 0.355. The Balaban J connectivity index is 0. The van der Waals surface area contributed by atoms with Crippen LogP contribution in [0.5, 0.6) is 0 Å². The molecule has 0 rings (SSSR count). The SMILES string of the molecule is Cl.O=C(CNCC(=O)NCC(F)(F)F)NCC(F)(F)F. The third kappa shape index (κ3) is 14.8. The number of alkyl halides is 6. The van der Waals surface area contributed by atoms with Crippen LogP contribution < -0.4 is 16.0 Å². The van der Waals surface area contributed by atoms with Crippen molar-refractivity contribution in [2.45, 2.75) is 12.4 Å². The van der Waals surface area contributed by atoms with E-state index in [-0.39, 0.29) is 12.4 Å². The van der Waals surface area contributed by atoms with Crippen molar-refractivity contribution in [1.82, 2.24) is 16.0 Å². The lowest BCUT2D eigenvalue weighted by molar-refractivity contribution is -0.139. The fourth-order valence-corrected chi connectivity index (χ4v) is 0.812. The topological polar surface area (TPSA) is 70.2 Å². The first-order valence-corrected chi connectivity index (χ1v) is 4.87. The van der Waals surface area contributed by atoms with E-state index in [1.54, 1.807) is 0 Å². The number of amides is 2. The highest BCUT2D eigenvalue weighted by atomic mass is 35.5. The van der Waals surface area contributed by atoms with E-state index in [2.05, 4.69) is 5.32 Å². The molecule has 0 atom stereocenters. The van der Waals surface area contributed by atoms with E-state index < -0.39 is 50.3 Å². The lowest BCUT2D eigenvalue weighted by atomic mass is 10.5. The number of rotatable bonds is 6. The minimum Gasteiger partial charge on any atom is -0.346 e. The lowest BCUT2D eigenvalue weighted by Gasteiger charge is -2.10. The number of hydrogen-bond donors (Lipinski definition) is 3. The zero-order valence-electron chi connectivity index (χ0n) is 9.82. The van der Waals surface area contributed by atoms with Gasteiger partial charge in [-0.25, -0.2) is 0 Å². The molecule has 0 spiro atoms. The molecule has 0 unspecified atom stereocenters. The van der Waals surface area contributed by atoms with Crippen LogP contribution in [0.3, 0.4) is 0 Å². The van der Waals surface area contributed by atoms with Gasteiger partial charge in [-0.1, -0.05) is 0 Å². The van der Waals surface area contributed by atoms with Crippen molar-refractivity contribution in [2.75, 3.05) is 26.2 Å². The van der Waals surface area contributed by atoms with Crippen LogP contribution in [0.1, 0.15) is 0 Å². The van der Waals surface area contributed by atoms with Crippen LogP contribution in [0.25, 0.3) is 0 Å². The van der Waals surface area contributed by atoms with Gasteiger partial charge in [0, 0.05) is 0 Å². The van der Waals surface area contributed by atoms with Crippen molar-refractivity contribution in [1.29, 1.82) is 0 Å². The second kappa shape index (κ2) is 8.84. The van der Waals surface area contributed by atoms with Crippen LogP contribution in [0.15, 0.2) is 0 Å². The van der Waals surface area contributed by atoms with Gasteiger partial charge in [-0.15, -0.1) is 12.4 Å². The first-order chi connectivity index (χ1) is 8.49. The Hall–Kier alpha value is -1.23. The molecular formula is C8H12ClF6N3O2. The zero-order chi connectivity index (χ0) is 15.1. The smallest absolute Gasteiger partial charge is 0.346 e. The van der Waals surface area contributed by atoms with Crippen molar-refractivity contribution < 1.29 is 35.9 Å². The maximum atomic E-state index is 11.7. The molecule has 20 heavy (non-hydrogen) atoms. The van der Waals surface area contributed by atoms with Crippen LogP contribution >= 0.6 is 12.4 Å². The van der Waals surface area contributed by atoms with Crippen molar-refractivity contribution in [3.63, 3.8) is 0 Å². The molecule has 0 fully saturated rings. The molecule has 5 nitrogen and oxygen atoms in total. The molecule has 0 aliphatic rings. The van der Waals surface area contributed by atoms with Gasteiger partial charge in [0.1, 0.15) is 13.1 Å². The van der Waals surface area contributed by atoms with Gasteiger partial charge in [0.2, 0.25) is 11.8 Å². The number of carbonyl (C=O) groups is 2. The Morgan fingerprint density at radius 3 is 1.30 bits per heavy atom. The molecule has 12 heteroatoms. The van der Waals surface area contributed by atoms with E-state index in [4.69, 9.17) is 0 Å². The number of hydrogen-bond acceptors (Lipinski definition) is 3. The standard InChI is InChI=1S/C8H11F6N3O2.ClH/c9-7(10,11)3-16-5(18)1-15-2-6(19)17-4-8(12,13)14;/h15H,1-4H2,(H,16,18)(H,17,19);1H. The Morgan fingerprint density at radius 1 is 0.750 bits per heavy atom. The molecule has 0 aromatic carbocycles. The third-order valence-corrected chi connectivity index (χ3v) is 1.54. The lowest BCUT2D eigenvalue weighted by Crippen LogP contribution is -2.43. The minimum absolute atomic E-state index is 0. The van der Waals surface area contributed by atoms with E-state index in [0.29, 0.717) is 0 Å². The van der Waals surface area contributed by atoms with Gasteiger partial charge in [0.25, 0.3) is 0 Å². The average Bonchev–Trinajstić information content (AvgIpc) is 2.22. The molecule has 0 radical (unpaired) electrons. The maximum absolute atomic E-state index is 11.7. The monoisotopic (exact) mass is 331 g/mol. The highest BCUT2D eigenvalue weighted by Crippen LogP contribution is 2.12. The fourth-order valence-electron chi connectivity index (χ4n) is 0.812. The second-order valence-electron chi connectivity index (χ2n) is 3.39. The molecule has 0 saturated carbocycles. The quantitative estimate of drug-likeness (QED) is 0.615. The Kier molecular flexibility index (Phi) is 9.32. The summed E-state index contributed by atoms with van der Waals surface area (Å²) in [6.45, 7) is -4.27. The van der Waals surface area contributed by atoms with Gasteiger partial charge in [-0.3, -0.25) is 14.9 Å².